The maximum atomic E-state index is 12.6. The van der Waals surface area contributed by atoms with E-state index in [1.54, 1.807) is 4.57 Å². The van der Waals surface area contributed by atoms with Crippen LogP contribution >= 0.6 is 0 Å². The van der Waals surface area contributed by atoms with E-state index in [0.717, 1.165) is 44.1 Å². The van der Waals surface area contributed by atoms with Gasteiger partial charge in [-0.1, -0.05) is 20.8 Å². The van der Waals surface area contributed by atoms with Crippen molar-refractivity contribution in [1.82, 2.24) is 9.47 Å². The van der Waals surface area contributed by atoms with Crippen molar-refractivity contribution in [3.63, 3.8) is 0 Å². The smallest absolute Gasteiger partial charge is 0.270 e. The van der Waals surface area contributed by atoms with Gasteiger partial charge in [0.1, 0.15) is 11.6 Å². The molecule has 0 radical (unpaired) electrons. The normalized spacial score (nSPS) is 16.1. The zero-order valence-electron chi connectivity index (χ0n) is 14.1. The molecule has 0 bridgehead atoms. The van der Waals surface area contributed by atoms with E-state index in [0.29, 0.717) is 12.5 Å². The molecule has 1 aromatic rings. The molecule has 0 spiro atoms. The highest BCUT2D eigenvalue weighted by Crippen LogP contribution is 2.21. The predicted molar refractivity (Wildman–Crippen MR) is 89.3 cm³/mol. The molecule has 0 saturated carbocycles. The van der Waals surface area contributed by atoms with Crippen LogP contribution in [-0.2, 0) is 6.54 Å². The quantitative estimate of drug-likeness (QED) is 0.851. The van der Waals surface area contributed by atoms with Crippen molar-refractivity contribution >= 4 is 5.69 Å². The summed E-state index contributed by atoms with van der Waals surface area (Å²) in [5.41, 5.74) is 1.88. The number of anilines is 1. The Bertz CT molecular complexity index is 619. The number of nitrogens with zero attached hydrogens (tertiary/aromatic N) is 4. The Balaban J connectivity index is 2.37. The van der Waals surface area contributed by atoms with E-state index >= 15 is 0 Å². The van der Waals surface area contributed by atoms with Gasteiger partial charge >= 0.3 is 0 Å². The minimum Gasteiger partial charge on any atom is -0.368 e. The van der Waals surface area contributed by atoms with Gasteiger partial charge in [0, 0.05) is 38.4 Å². The number of nitriles is 1. The molecule has 2 rings (SSSR count). The van der Waals surface area contributed by atoms with Crippen LogP contribution in [0.25, 0.3) is 0 Å². The molecule has 0 atom stereocenters. The third-order valence-corrected chi connectivity index (χ3v) is 4.31. The monoisotopic (exact) mass is 302 g/mol. The molecule has 1 fully saturated rings. The number of likely N-dealkylation sites (N-methyl/N-ethyl adjacent to an activating group) is 1. The maximum Gasteiger partial charge on any atom is 0.270 e. The minimum absolute atomic E-state index is 0.149. The molecular formula is C17H26N4O. The summed E-state index contributed by atoms with van der Waals surface area (Å²) in [4.78, 5) is 17.2. The van der Waals surface area contributed by atoms with Gasteiger partial charge in [0.25, 0.3) is 5.56 Å². The average Bonchev–Trinajstić information content (AvgIpc) is 2.51. The molecule has 2 heterocycles. The molecule has 5 heteroatoms. The molecule has 0 amide bonds. The van der Waals surface area contributed by atoms with Crippen LogP contribution in [0.3, 0.4) is 0 Å². The number of piperazine rings is 1. The number of rotatable bonds is 4. The second kappa shape index (κ2) is 6.97. The summed E-state index contributed by atoms with van der Waals surface area (Å²) in [5, 5.41) is 9.48. The van der Waals surface area contributed by atoms with Crippen molar-refractivity contribution in [2.75, 3.05) is 37.6 Å². The Hall–Kier alpha value is -1.80. The highest BCUT2D eigenvalue weighted by atomic mass is 16.1. The first-order chi connectivity index (χ1) is 10.5. The highest BCUT2D eigenvalue weighted by molar-refractivity contribution is 5.59. The third-order valence-electron chi connectivity index (χ3n) is 4.31. The molecule has 1 aliphatic rings. The zero-order chi connectivity index (χ0) is 16.3. The Morgan fingerprint density at radius 2 is 1.91 bits per heavy atom. The first-order valence-corrected chi connectivity index (χ1v) is 8.09. The Labute approximate surface area is 132 Å². The van der Waals surface area contributed by atoms with Crippen LogP contribution < -0.4 is 10.5 Å². The van der Waals surface area contributed by atoms with Crippen molar-refractivity contribution in [3.05, 3.63) is 27.7 Å². The van der Waals surface area contributed by atoms with E-state index in [-0.39, 0.29) is 11.1 Å². The molecule has 5 nitrogen and oxygen atoms in total. The molecule has 1 aromatic heterocycles. The van der Waals surface area contributed by atoms with Gasteiger partial charge in [0.15, 0.2) is 0 Å². The van der Waals surface area contributed by atoms with E-state index in [4.69, 9.17) is 0 Å². The van der Waals surface area contributed by atoms with Gasteiger partial charge in [-0.3, -0.25) is 4.79 Å². The number of hydrogen-bond acceptors (Lipinski definition) is 4. The Kier molecular flexibility index (Phi) is 5.25. The third kappa shape index (κ3) is 3.33. The summed E-state index contributed by atoms with van der Waals surface area (Å²) < 4.78 is 1.73. The predicted octanol–water partition coefficient (Wildman–Crippen LogP) is 1.83. The van der Waals surface area contributed by atoms with Crippen molar-refractivity contribution in [2.24, 2.45) is 5.92 Å². The molecule has 22 heavy (non-hydrogen) atoms. The molecule has 0 unspecified atom stereocenters. The fourth-order valence-corrected chi connectivity index (χ4v) is 3.00. The summed E-state index contributed by atoms with van der Waals surface area (Å²) in [5.74, 6) is 0.377. The van der Waals surface area contributed by atoms with Crippen molar-refractivity contribution in [2.45, 2.75) is 34.2 Å². The van der Waals surface area contributed by atoms with Crippen LogP contribution in [0.1, 0.15) is 32.0 Å². The lowest BCUT2D eigenvalue weighted by Gasteiger charge is -2.36. The fraction of sp³-hybridized carbons (Fsp3) is 0.647. The summed E-state index contributed by atoms with van der Waals surface area (Å²) in [6.45, 7) is 13.7. The Morgan fingerprint density at radius 1 is 1.27 bits per heavy atom. The zero-order valence-corrected chi connectivity index (χ0v) is 14.1. The molecule has 0 aromatic carbocycles. The average molecular weight is 302 g/mol. The summed E-state index contributed by atoms with van der Waals surface area (Å²) in [6.07, 6.45) is 0. The lowest BCUT2D eigenvalue weighted by atomic mass is 10.1. The molecule has 120 valence electrons. The van der Waals surface area contributed by atoms with Crippen LogP contribution in [0.4, 0.5) is 5.69 Å². The Morgan fingerprint density at radius 3 is 2.41 bits per heavy atom. The maximum absolute atomic E-state index is 12.6. The lowest BCUT2D eigenvalue weighted by molar-refractivity contribution is 0.271. The number of pyridine rings is 1. The van der Waals surface area contributed by atoms with Gasteiger partial charge in [-0.25, -0.2) is 0 Å². The van der Waals surface area contributed by atoms with E-state index in [1.807, 2.05) is 13.0 Å². The number of aryl methyl sites for hydroxylation is 1. The molecule has 1 saturated heterocycles. The molecule has 1 aliphatic heterocycles. The van der Waals surface area contributed by atoms with Crippen LogP contribution in [0.2, 0.25) is 0 Å². The highest BCUT2D eigenvalue weighted by Gasteiger charge is 2.21. The van der Waals surface area contributed by atoms with Crippen molar-refractivity contribution < 1.29 is 0 Å². The van der Waals surface area contributed by atoms with Crippen molar-refractivity contribution in [1.29, 1.82) is 5.26 Å². The van der Waals surface area contributed by atoms with Gasteiger partial charge in [-0.15, -0.1) is 0 Å². The van der Waals surface area contributed by atoms with E-state index in [1.165, 1.54) is 0 Å². The minimum atomic E-state index is -0.149. The van der Waals surface area contributed by atoms with Gasteiger partial charge in [-0.05, 0) is 25.5 Å². The SMILES string of the molecule is CCN1CCN(c2cc(C)n(CC(C)C)c(=O)c2C#N)CC1. The lowest BCUT2D eigenvalue weighted by Crippen LogP contribution is -2.47. The van der Waals surface area contributed by atoms with E-state index in [2.05, 4.69) is 36.6 Å². The van der Waals surface area contributed by atoms with Crippen molar-refractivity contribution in [3.8, 4) is 6.07 Å². The number of aromatic nitrogens is 1. The summed E-state index contributed by atoms with van der Waals surface area (Å²) >= 11 is 0. The number of hydrogen-bond donors (Lipinski definition) is 0. The summed E-state index contributed by atoms with van der Waals surface area (Å²) in [6, 6.07) is 4.14. The molecule has 0 aliphatic carbocycles. The first kappa shape index (κ1) is 16.6. The van der Waals surface area contributed by atoms with Gasteiger partial charge in [0.2, 0.25) is 0 Å². The fourth-order valence-electron chi connectivity index (χ4n) is 3.00. The molecular weight excluding hydrogens is 276 g/mol. The van der Waals surface area contributed by atoms with Gasteiger partial charge in [0.05, 0.1) is 5.69 Å². The van der Waals surface area contributed by atoms with Crippen LogP contribution in [-0.4, -0.2) is 42.2 Å². The van der Waals surface area contributed by atoms with E-state index < -0.39 is 0 Å². The second-order valence-electron chi connectivity index (χ2n) is 6.39. The van der Waals surface area contributed by atoms with Crippen LogP contribution in [0.5, 0.6) is 0 Å². The summed E-state index contributed by atoms with van der Waals surface area (Å²) in [7, 11) is 0. The van der Waals surface area contributed by atoms with E-state index in [9.17, 15) is 10.1 Å². The van der Waals surface area contributed by atoms with Crippen LogP contribution in [0.15, 0.2) is 10.9 Å². The van der Waals surface area contributed by atoms with Gasteiger partial charge < -0.3 is 14.4 Å². The van der Waals surface area contributed by atoms with Crippen LogP contribution in [0, 0.1) is 24.2 Å². The topological polar surface area (TPSA) is 52.3 Å². The standard InChI is InChI=1S/C17H26N4O/c1-5-19-6-8-20(9-7-19)16-10-14(4)21(12-13(2)3)17(22)15(16)11-18/h10,13H,5-9,12H2,1-4H3. The van der Waals surface area contributed by atoms with Gasteiger partial charge in [-0.2, -0.15) is 5.26 Å². The first-order valence-electron chi connectivity index (χ1n) is 8.09. The largest absolute Gasteiger partial charge is 0.368 e. The molecule has 0 N–H and O–H groups in total. The second-order valence-corrected chi connectivity index (χ2v) is 6.39.